The Morgan fingerprint density at radius 2 is 1.93 bits per heavy atom. The lowest BCUT2D eigenvalue weighted by Crippen LogP contribution is -2.57. The van der Waals surface area contributed by atoms with Gasteiger partial charge in [-0.2, -0.15) is 0 Å². The van der Waals surface area contributed by atoms with Gasteiger partial charge in [-0.15, -0.1) is 11.8 Å². The second-order valence-electron chi connectivity index (χ2n) is 12.3. The number of carbonyl (C=O) groups excluding carboxylic acids is 3. The molecule has 8 nitrogen and oxygen atoms in total. The van der Waals surface area contributed by atoms with Gasteiger partial charge in [0.05, 0.1) is 31.1 Å². The fourth-order valence-corrected chi connectivity index (χ4v) is 7.99. The molecule has 8 unspecified atom stereocenters. The zero-order chi connectivity index (χ0) is 30.3. The van der Waals surface area contributed by atoms with Gasteiger partial charge in [0.1, 0.15) is 17.4 Å². The summed E-state index contributed by atoms with van der Waals surface area (Å²) in [6.07, 6.45) is 8.22. The number of hydrogen-bond donors (Lipinski definition) is 2. The second kappa shape index (κ2) is 12.0. The van der Waals surface area contributed by atoms with Crippen molar-refractivity contribution in [3.8, 4) is 5.75 Å². The third-order valence-corrected chi connectivity index (χ3v) is 10.6. The molecule has 0 radical (unpaired) electrons. The van der Waals surface area contributed by atoms with Crippen LogP contribution in [0, 0.1) is 23.7 Å². The molecule has 1 aliphatic carbocycles. The van der Waals surface area contributed by atoms with Crippen LogP contribution in [0.1, 0.15) is 45.6 Å². The zero-order valence-corrected chi connectivity index (χ0v) is 26.1. The van der Waals surface area contributed by atoms with Gasteiger partial charge >= 0.3 is 0 Å². The summed E-state index contributed by atoms with van der Waals surface area (Å²) in [4.78, 5) is 45.3. The number of rotatable bonds is 9. The van der Waals surface area contributed by atoms with Crippen LogP contribution in [0.5, 0.6) is 5.75 Å². The molecule has 0 aromatic heterocycles. The van der Waals surface area contributed by atoms with E-state index in [1.807, 2.05) is 73.9 Å². The Morgan fingerprint density at radius 1 is 1.12 bits per heavy atom. The van der Waals surface area contributed by atoms with E-state index in [0.29, 0.717) is 29.9 Å². The van der Waals surface area contributed by atoms with E-state index in [4.69, 9.17) is 9.47 Å². The highest BCUT2D eigenvalue weighted by atomic mass is 32.2. The van der Waals surface area contributed by atoms with E-state index in [-0.39, 0.29) is 30.3 Å². The quantitative estimate of drug-likeness (QED) is 0.308. The van der Waals surface area contributed by atoms with E-state index >= 15 is 0 Å². The molecular weight excluding hydrogens is 562 g/mol. The van der Waals surface area contributed by atoms with Crippen LogP contribution in [0.25, 0.3) is 0 Å². The van der Waals surface area contributed by atoms with E-state index in [0.717, 1.165) is 29.7 Å². The smallest absolute Gasteiger partial charge is 0.246 e. The van der Waals surface area contributed by atoms with Gasteiger partial charge in [0, 0.05) is 22.2 Å². The van der Waals surface area contributed by atoms with Crippen LogP contribution in [-0.4, -0.2) is 59.3 Å². The lowest BCUT2D eigenvalue weighted by Gasteiger charge is -2.38. The molecule has 4 aliphatic rings. The third kappa shape index (κ3) is 5.24. The Balaban J connectivity index is 1.34. The maximum atomic E-state index is 14.4. The number of ether oxygens (including phenoxy) is 2. The third-order valence-electron chi connectivity index (χ3n) is 9.91. The molecule has 2 bridgehead atoms. The van der Waals surface area contributed by atoms with Gasteiger partial charge in [-0.05, 0) is 55.7 Å². The average molecular weight is 604 g/mol. The van der Waals surface area contributed by atoms with E-state index in [1.54, 1.807) is 16.7 Å². The molecule has 2 N–H and O–H groups in total. The number of hydrogen-bond acceptors (Lipinski definition) is 6. The minimum Gasteiger partial charge on any atom is -0.494 e. The highest BCUT2D eigenvalue weighted by molar-refractivity contribution is 7.98. The molecule has 3 amide bonds. The van der Waals surface area contributed by atoms with Crippen molar-refractivity contribution < 1.29 is 23.9 Å². The van der Waals surface area contributed by atoms with Crippen molar-refractivity contribution in [3.05, 3.63) is 66.2 Å². The molecule has 1 spiro atoms. The highest BCUT2D eigenvalue weighted by Crippen LogP contribution is 2.55. The number of para-hydroxylation sites is 1. The number of nitrogens with zero attached hydrogens (tertiary/aromatic N) is 1. The molecule has 1 saturated carbocycles. The molecule has 9 heteroatoms. The van der Waals surface area contributed by atoms with Gasteiger partial charge in [-0.25, -0.2) is 0 Å². The fraction of sp³-hybridized carbons (Fsp3) is 0.500. The Bertz CT molecular complexity index is 1430. The minimum atomic E-state index is -1.22. The number of nitrogens with one attached hydrogen (secondary N) is 2. The van der Waals surface area contributed by atoms with Crippen LogP contribution in [0.3, 0.4) is 0 Å². The van der Waals surface area contributed by atoms with Crippen LogP contribution >= 0.6 is 11.8 Å². The molecule has 3 heterocycles. The Kier molecular flexibility index (Phi) is 8.31. The highest BCUT2D eigenvalue weighted by Gasteiger charge is 2.72. The van der Waals surface area contributed by atoms with Crippen molar-refractivity contribution in [2.75, 3.05) is 18.2 Å². The number of fused-ring (bicyclic) bond motifs is 1. The van der Waals surface area contributed by atoms with E-state index in [1.165, 1.54) is 0 Å². The van der Waals surface area contributed by atoms with Crippen molar-refractivity contribution in [2.45, 2.75) is 75.3 Å². The van der Waals surface area contributed by atoms with Crippen molar-refractivity contribution in [2.24, 2.45) is 23.7 Å². The number of carbonyl (C=O) groups is 3. The van der Waals surface area contributed by atoms with Gasteiger partial charge in [-0.3, -0.25) is 14.4 Å². The molecule has 43 heavy (non-hydrogen) atoms. The molecule has 8 atom stereocenters. The van der Waals surface area contributed by atoms with Gasteiger partial charge in [0.2, 0.25) is 17.7 Å². The van der Waals surface area contributed by atoms with Crippen LogP contribution in [-0.2, 0) is 25.7 Å². The van der Waals surface area contributed by atoms with Crippen molar-refractivity contribution >= 4 is 35.2 Å². The van der Waals surface area contributed by atoms with Gasteiger partial charge in [0.25, 0.3) is 0 Å². The number of benzene rings is 2. The lowest BCUT2D eigenvalue weighted by molar-refractivity contribution is -0.142. The standard InChI is InChI=1S/C34H41N3O5S/c1-5-41-26-15-7-6-11-22(26)19-37-30(32(39)36-25-14-8-10-20(2)21(25)3)34-17-16-27(42-34)28(29(34)33(37)40)31(38)35-23-12-9-13-24(18-23)43-4/h6-7,9,11-13,15-18,20-21,25,27-30H,5,8,10,14,19H2,1-4H3,(H,35,38)(H,36,39). The maximum Gasteiger partial charge on any atom is 0.246 e. The molecule has 2 aromatic rings. The van der Waals surface area contributed by atoms with E-state index in [2.05, 4.69) is 24.5 Å². The first kappa shape index (κ1) is 29.8. The van der Waals surface area contributed by atoms with E-state index < -0.39 is 29.6 Å². The fourth-order valence-electron chi connectivity index (χ4n) is 7.53. The predicted octanol–water partition coefficient (Wildman–Crippen LogP) is 5.04. The van der Waals surface area contributed by atoms with Gasteiger partial charge < -0.3 is 25.0 Å². The first-order valence-corrected chi connectivity index (χ1v) is 16.6. The molecule has 2 aromatic carbocycles. The maximum absolute atomic E-state index is 14.4. The Morgan fingerprint density at radius 3 is 2.72 bits per heavy atom. The summed E-state index contributed by atoms with van der Waals surface area (Å²) >= 11 is 1.59. The average Bonchev–Trinajstić information content (AvgIpc) is 3.64. The predicted molar refractivity (Wildman–Crippen MR) is 167 cm³/mol. The summed E-state index contributed by atoms with van der Waals surface area (Å²) in [6, 6.07) is 14.3. The largest absolute Gasteiger partial charge is 0.494 e. The minimum absolute atomic E-state index is 0.0183. The number of likely N-dealkylation sites (tertiary alicyclic amines) is 1. The van der Waals surface area contributed by atoms with Crippen LogP contribution in [0.15, 0.2) is 65.6 Å². The van der Waals surface area contributed by atoms with Crippen molar-refractivity contribution in [1.29, 1.82) is 0 Å². The summed E-state index contributed by atoms with van der Waals surface area (Å²) in [5, 5.41) is 6.35. The Labute approximate surface area is 257 Å². The normalized spacial score (nSPS) is 32.5. The van der Waals surface area contributed by atoms with Crippen LogP contribution in [0.2, 0.25) is 0 Å². The molecule has 2 saturated heterocycles. The summed E-state index contributed by atoms with van der Waals surface area (Å²) in [5.74, 6) is -0.836. The van der Waals surface area contributed by atoms with Gasteiger partial charge in [-0.1, -0.05) is 63.1 Å². The summed E-state index contributed by atoms with van der Waals surface area (Å²) in [7, 11) is 0. The lowest BCUT2D eigenvalue weighted by atomic mass is 9.73. The van der Waals surface area contributed by atoms with Crippen LogP contribution in [0.4, 0.5) is 5.69 Å². The summed E-state index contributed by atoms with van der Waals surface area (Å²) in [6.45, 7) is 6.99. The van der Waals surface area contributed by atoms with Crippen molar-refractivity contribution in [1.82, 2.24) is 10.2 Å². The van der Waals surface area contributed by atoms with Crippen LogP contribution < -0.4 is 15.4 Å². The van der Waals surface area contributed by atoms with Gasteiger partial charge in [0.15, 0.2) is 0 Å². The second-order valence-corrected chi connectivity index (χ2v) is 13.2. The molecular formula is C34H41N3O5S. The Hall–Kier alpha value is -3.30. The molecule has 3 fully saturated rings. The topological polar surface area (TPSA) is 97.0 Å². The first-order chi connectivity index (χ1) is 20.8. The molecule has 3 aliphatic heterocycles. The molecule has 6 rings (SSSR count). The van der Waals surface area contributed by atoms with Crippen molar-refractivity contribution in [3.63, 3.8) is 0 Å². The van der Waals surface area contributed by atoms with E-state index in [9.17, 15) is 14.4 Å². The summed E-state index contributed by atoms with van der Waals surface area (Å²) in [5.41, 5.74) is 0.249. The number of amides is 3. The number of anilines is 1. The summed E-state index contributed by atoms with van der Waals surface area (Å²) < 4.78 is 12.4. The first-order valence-electron chi connectivity index (χ1n) is 15.4. The number of thioether (sulfide) groups is 1. The SMILES string of the molecule is CCOc1ccccc1CN1C(=O)C2C(C(=O)Nc3cccc(SC)c3)C3C=CC2(O3)C1C(=O)NC1CCCC(C)C1C. The molecule has 228 valence electrons. The zero-order valence-electron chi connectivity index (χ0n) is 25.2. The monoisotopic (exact) mass is 603 g/mol.